The van der Waals surface area contributed by atoms with Crippen LogP contribution in [0.1, 0.15) is 53.4 Å². The highest BCUT2D eigenvalue weighted by molar-refractivity contribution is 5.96. The predicted octanol–water partition coefficient (Wildman–Crippen LogP) is 1.36. The number of hydrogen-bond donors (Lipinski definition) is 3. The second kappa shape index (κ2) is 9.30. The van der Waals surface area contributed by atoms with Crippen LogP contribution in [0.15, 0.2) is 11.6 Å². The molecule has 5 atom stereocenters. The van der Waals surface area contributed by atoms with Crippen LogP contribution in [-0.2, 0) is 14.3 Å². The monoisotopic (exact) mass is 342 g/mol. The normalized spacial score (nSPS) is 28.8. The summed E-state index contributed by atoms with van der Waals surface area (Å²) in [4.78, 5) is 24.3. The first kappa shape index (κ1) is 20.8. The molecular formula is C18H30O6. The van der Waals surface area contributed by atoms with Gasteiger partial charge in [-0.05, 0) is 37.7 Å². The van der Waals surface area contributed by atoms with E-state index in [0.717, 1.165) is 0 Å². The zero-order valence-electron chi connectivity index (χ0n) is 14.9. The van der Waals surface area contributed by atoms with Crippen LogP contribution in [0.25, 0.3) is 0 Å². The van der Waals surface area contributed by atoms with Crippen molar-refractivity contribution in [2.45, 2.75) is 77.8 Å². The van der Waals surface area contributed by atoms with Crippen LogP contribution in [0, 0.1) is 11.8 Å². The minimum Gasteiger partial charge on any atom is -0.462 e. The fourth-order valence-corrected chi connectivity index (χ4v) is 2.66. The van der Waals surface area contributed by atoms with Gasteiger partial charge < -0.3 is 20.1 Å². The molecular weight excluding hydrogens is 312 g/mol. The third kappa shape index (κ3) is 6.00. The first-order valence-electron chi connectivity index (χ1n) is 8.58. The maximum atomic E-state index is 12.5. The number of cyclic esters (lactones) is 1. The average molecular weight is 342 g/mol. The molecule has 0 saturated carbocycles. The van der Waals surface area contributed by atoms with Gasteiger partial charge in [0.05, 0.1) is 30.7 Å². The van der Waals surface area contributed by atoms with E-state index in [2.05, 4.69) is 0 Å². The third-order valence-corrected chi connectivity index (χ3v) is 4.64. The Balaban J connectivity index is 2.72. The van der Waals surface area contributed by atoms with Gasteiger partial charge in [-0.25, -0.2) is 0 Å². The quantitative estimate of drug-likeness (QED) is 0.497. The van der Waals surface area contributed by atoms with Crippen LogP contribution < -0.4 is 0 Å². The number of carbonyl (C=O) groups excluding carboxylic acids is 2. The highest BCUT2D eigenvalue weighted by Crippen LogP contribution is 2.23. The number of Topliss-reactive ketones (excluding diaryl/α,β-unsaturated/α-hetero) is 1. The molecule has 0 aromatic heterocycles. The number of esters is 1. The number of aliphatic hydroxyl groups is 3. The fraction of sp³-hybridized carbons (Fsp3) is 0.778. The molecule has 0 aromatic rings. The fourth-order valence-electron chi connectivity index (χ4n) is 2.66. The van der Waals surface area contributed by atoms with E-state index in [9.17, 15) is 24.9 Å². The molecule has 0 amide bonds. The van der Waals surface area contributed by atoms with E-state index in [4.69, 9.17) is 4.74 Å². The molecule has 1 rings (SSSR count). The number of ether oxygens (including phenoxy) is 1. The van der Waals surface area contributed by atoms with E-state index in [-0.39, 0.29) is 24.5 Å². The Morgan fingerprint density at radius 3 is 2.46 bits per heavy atom. The van der Waals surface area contributed by atoms with Crippen molar-refractivity contribution >= 4 is 11.8 Å². The van der Waals surface area contributed by atoms with Crippen LogP contribution in [0.2, 0.25) is 0 Å². The van der Waals surface area contributed by atoms with E-state index < -0.39 is 36.3 Å². The van der Waals surface area contributed by atoms with Crippen molar-refractivity contribution in [3.05, 3.63) is 11.6 Å². The maximum Gasteiger partial charge on any atom is 0.308 e. The standard InChI is InChI=1S/C18H30O6/c1-10(2)13(19)6-5-11(3)18(23)12(4)16-8-7-14(20)15(21)9-17(22)24-16/h5,10,12-16,19-21H,6-9H2,1-4H3/b11-5+/t12-,13-,14+,15-,16+/m0/s1. The molecule has 0 bridgehead atoms. The number of ketones is 1. The van der Waals surface area contributed by atoms with E-state index >= 15 is 0 Å². The van der Waals surface area contributed by atoms with Crippen molar-refractivity contribution in [2.24, 2.45) is 11.8 Å². The highest BCUT2D eigenvalue weighted by Gasteiger charge is 2.33. The molecule has 1 saturated heterocycles. The van der Waals surface area contributed by atoms with Gasteiger partial charge >= 0.3 is 5.97 Å². The lowest BCUT2D eigenvalue weighted by molar-refractivity contribution is -0.160. The number of aliphatic hydroxyl groups excluding tert-OH is 3. The first-order chi connectivity index (χ1) is 11.1. The van der Waals surface area contributed by atoms with Gasteiger partial charge in [-0.15, -0.1) is 0 Å². The number of carbonyl (C=O) groups is 2. The lowest BCUT2D eigenvalue weighted by Crippen LogP contribution is -2.38. The summed E-state index contributed by atoms with van der Waals surface area (Å²) in [5, 5.41) is 29.2. The van der Waals surface area contributed by atoms with Crippen molar-refractivity contribution in [2.75, 3.05) is 0 Å². The minimum absolute atomic E-state index is 0.112. The smallest absolute Gasteiger partial charge is 0.308 e. The van der Waals surface area contributed by atoms with Crippen molar-refractivity contribution in [1.29, 1.82) is 0 Å². The van der Waals surface area contributed by atoms with Crippen molar-refractivity contribution < 1.29 is 29.6 Å². The van der Waals surface area contributed by atoms with Crippen molar-refractivity contribution in [3.63, 3.8) is 0 Å². The topological polar surface area (TPSA) is 104 Å². The SMILES string of the molecule is C/C(=C\C[C@H](O)C(C)C)C(=O)[C@@H](C)[C@H]1CC[C@@H](O)[C@@H](O)CC(=O)O1. The van der Waals surface area contributed by atoms with E-state index in [0.29, 0.717) is 18.4 Å². The number of rotatable bonds is 6. The Bertz CT molecular complexity index is 470. The molecule has 0 spiro atoms. The molecule has 0 radical (unpaired) electrons. The minimum atomic E-state index is -1.12. The largest absolute Gasteiger partial charge is 0.462 e. The Kier molecular flexibility index (Phi) is 8.06. The average Bonchev–Trinajstić information content (AvgIpc) is 2.52. The zero-order chi connectivity index (χ0) is 18.4. The summed E-state index contributed by atoms with van der Waals surface area (Å²) in [6.45, 7) is 7.20. The van der Waals surface area contributed by atoms with Crippen LogP contribution in [0.3, 0.4) is 0 Å². The Morgan fingerprint density at radius 2 is 1.88 bits per heavy atom. The molecule has 0 unspecified atom stereocenters. The highest BCUT2D eigenvalue weighted by atomic mass is 16.5. The molecule has 6 heteroatoms. The third-order valence-electron chi connectivity index (χ3n) is 4.64. The summed E-state index contributed by atoms with van der Waals surface area (Å²) in [5.41, 5.74) is 0.529. The Morgan fingerprint density at radius 1 is 1.25 bits per heavy atom. The Labute approximate surface area is 143 Å². The lowest BCUT2D eigenvalue weighted by atomic mass is 9.89. The van der Waals surface area contributed by atoms with Gasteiger partial charge in [-0.1, -0.05) is 26.8 Å². The van der Waals surface area contributed by atoms with Gasteiger partial charge in [0.2, 0.25) is 0 Å². The molecule has 1 aliphatic rings. The van der Waals surface area contributed by atoms with E-state index in [1.54, 1.807) is 19.9 Å². The molecule has 1 fully saturated rings. The maximum absolute atomic E-state index is 12.5. The van der Waals surface area contributed by atoms with Crippen LogP contribution in [0.4, 0.5) is 0 Å². The summed E-state index contributed by atoms with van der Waals surface area (Å²) in [5.74, 6) is -1.17. The lowest BCUT2D eigenvalue weighted by Gasteiger charge is -2.29. The molecule has 1 aliphatic heterocycles. The molecule has 6 nitrogen and oxygen atoms in total. The van der Waals surface area contributed by atoms with Gasteiger partial charge in [0.25, 0.3) is 0 Å². The van der Waals surface area contributed by atoms with E-state index in [1.807, 2.05) is 13.8 Å². The predicted molar refractivity (Wildman–Crippen MR) is 89.1 cm³/mol. The van der Waals surface area contributed by atoms with Gasteiger partial charge in [-0.2, -0.15) is 0 Å². The molecule has 0 aliphatic carbocycles. The second-order valence-corrected chi connectivity index (χ2v) is 7.03. The second-order valence-electron chi connectivity index (χ2n) is 7.03. The van der Waals surface area contributed by atoms with E-state index in [1.165, 1.54) is 0 Å². The number of hydrogen-bond acceptors (Lipinski definition) is 6. The zero-order valence-corrected chi connectivity index (χ0v) is 14.9. The van der Waals surface area contributed by atoms with Crippen LogP contribution in [0.5, 0.6) is 0 Å². The molecule has 3 N–H and O–H groups in total. The summed E-state index contributed by atoms with van der Waals surface area (Å²) >= 11 is 0. The van der Waals surface area contributed by atoms with Gasteiger partial charge in [0, 0.05) is 0 Å². The molecule has 1 heterocycles. The van der Waals surface area contributed by atoms with Crippen LogP contribution >= 0.6 is 0 Å². The van der Waals surface area contributed by atoms with Crippen molar-refractivity contribution in [3.8, 4) is 0 Å². The first-order valence-corrected chi connectivity index (χ1v) is 8.58. The number of allylic oxidation sites excluding steroid dienone is 1. The van der Waals surface area contributed by atoms with Gasteiger partial charge in [0.15, 0.2) is 5.78 Å². The summed E-state index contributed by atoms with van der Waals surface area (Å²) < 4.78 is 5.30. The van der Waals surface area contributed by atoms with Gasteiger partial charge in [-0.3, -0.25) is 9.59 Å². The summed E-state index contributed by atoms with van der Waals surface area (Å²) in [6, 6.07) is 0. The molecule has 0 aromatic carbocycles. The molecule has 138 valence electrons. The van der Waals surface area contributed by atoms with Gasteiger partial charge in [0.1, 0.15) is 6.10 Å². The summed E-state index contributed by atoms with van der Waals surface area (Å²) in [7, 11) is 0. The van der Waals surface area contributed by atoms with Crippen LogP contribution in [-0.4, -0.2) is 51.5 Å². The molecule has 24 heavy (non-hydrogen) atoms. The summed E-state index contributed by atoms with van der Waals surface area (Å²) in [6.07, 6.45) is -0.795. The Hall–Kier alpha value is -1.24. The van der Waals surface area contributed by atoms with Crippen molar-refractivity contribution in [1.82, 2.24) is 0 Å².